The first-order valence-corrected chi connectivity index (χ1v) is 8.22. The molecule has 20 heavy (non-hydrogen) atoms. The van der Waals surface area contributed by atoms with Crippen molar-refractivity contribution in [2.24, 2.45) is 11.7 Å². The molecule has 2 N–H and O–H groups in total. The zero-order chi connectivity index (χ0) is 14.7. The summed E-state index contributed by atoms with van der Waals surface area (Å²) in [5.41, 5.74) is 9.90. The van der Waals surface area contributed by atoms with E-state index < -0.39 is 0 Å². The molecule has 1 unspecified atom stereocenters. The molecule has 0 radical (unpaired) electrons. The minimum atomic E-state index is -0.128. The highest BCUT2D eigenvalue weighted by Crippen LogP contribution is 2.26. The van der Waals surface area contributed by atoms with Crippen LogP contribution < -0.4 is 5.73 Å². The van der Waals surface area contributed by atoms with Gasteiger partial charge in [-0.05, 0) is 63.8 Å². The first-order valence-electron chi connectivity index (χ1n) is 6.76. The second-order valence-corrected chi connectivity index (χ2v) is 7.06. The SMILES string of the molecule is CC(C)Cc1cccc(C(N)c2ccc(I)c(Cl)c2)c1. The molecule has 0 aromatic heterocycles. The minimum absolute atomic E-state index is 0.128. The highest BCUT2D eigenvalue weighted by atomic mass is 127. The summed E-state index contributed by atoms with van der Waals surface area (Å²) in [6.07, 6.45) is 1.08. The smallest absolute Gasteiger partial charge is 0.0552 e. The van der Waals surface area contributed by atoms with Crippen LogP contribution in [0.2, 0.25) is 5.02 Å². The monoisotopic (exact) mass is 399 g/mol. The molecule has 106 valence electrons. The van der Waals surface area contributed by atoms with Crippen LogP contribution in [0.15, 0.2) is 42.5 Å². The third-order valence-electron chi connectivity index (χ3n) is 3.26. The lowest BCUT2D eigenvalue weighted by Crippen LogP contribution is -2.12. The molecule has 2 aromatic carbocycles. The number of nitrogens with two attached hydrogens (primary N) is 1. The van der Waals surface area contributed by atoms with E-state index in [2.05, 4.69) is 60.7 Å². The van der Waals surface area contributed by atoms with Gasteiger partial charge in [0, 0.05) is 3.57 Å². The average Bonchev–Trinajstić information content (AvgIpc) is 2.40. The summed E-state index contributed by atoms with van der Waals surface area (Å²) in [6, 6.07) is 14.4. The Labute approximate surface area is 139 Å². The van der Waals surface area contributed by atoms with Crippen molar-refractivity contribution in [1.82, 2.24) is 0 Å². The lowest BCUT2D eigenvalue weighted by molar-refractivity contribution is 0.646. The number of rotatable bonds is 4. The molecule has 0 fully saturated rings. The molecule has 0 aliphatic heterocycles. The van der Waals surface area contributed by atoms with Crippen LogP contribution in [-0.2, 0) is 6.42 Å². The van der Waals surface area contributed by atoms with Crippen molar-refractivity contribution in [3.05, 3.63) is 67.7 Å². The molecule has 2 aromatic rings. The standard InChI is InChI=1S/C17H19ClIN/c1-11(2)8-12-4-3-5-13(9-12)17(20)14-6-7-16(19)15(18)10-14/h3-7,9-11,17H,8,20H2,1-2H3. The summed E-state index contributed by atoms with van der Waals surface area (Å²) in [7, 11) is 0. The van der Waals surface area contributed by atoms with Crippen molar-refractivity contribution < 1.29 is 0 Å². The molecule has 0 aliphatic carbocycles. The van der Waals surface area contributed by atoms with Crippen LogP contribution >= 0.6 is 34.2 Å². The van der Waals surface area contributed by atoms with Crippen LogP contribution in [0.25, 0.3) is 0 Å². The molecule has 1 atom stereocenters. The van der Waals surface area contributed by atoms with Crippen LogP contribution in [0, 0.1) is 9.49 Å². The van der Waals surface area contributed by atoms with Crippen LogP contribution in [0.5, 0.6) is 0 Å². The van der Waals surface area contributed by atoms with Gasteiger partial charge in [-0.1, -0.05) is 55.8 Å². The molecular weight excluding hydrogens is 381 g/mol. The van der Waals surface area contributed by atoms with Crippen LogP contribution in [0.3, 0.4) is 0 Å². The Morgan fingerprint density at radius 1 is 1.10 bits per heavy atom. The van der Waals surface area contributed by atoms with Gasteiger partial charge in [-0.2, -0.15) is 0 Å². The van der Waals surface area contributed by atoms with Crippen molar-refractivity contribution in [2.75, 3.05) is 0 Å². The second kappa shape index (κ2) is 6.92. The summed E-state index contributed by atoms with van der Waals surface area (Å²) in [6.45, 7) is 4.46. The van der Waals surface area contributed by atoms with Gasteiger partial charge < -0.3 is 5.73 Å². The lowest BCUT2D eigenvalue weighted by Gasteiger charge is -2.15. The second-order valence-electron chi connectivity index (χ2n) is 5.49. The van der Waals surface area contributed by atoms with Gasteiger partial charge in [-0.25, -0.2) is 0 Å². The third kappa shape index (κ3) is 3.96. The van der Waals surface area contributed by atoms with E-state index in [1.165, 1.54) is 5.56 Å². The highest BCUT2D eigenvalue weighted by molar-refractivity contribution is 14.1. The Morgan fingerprint density at radius 3 is 2.45 bits per heavy atom. The van der Waals surface area contributed by atoms with E-state index in [1.807, 2.05) is 18.2 Å². The molecule has 0 bridgehead atoms. The van der Waals surface area contributed by atoms with Gasteiger partial charge >= 0.3 is 0 Å². The topological polar surface area (TPSA) is 26.0 Å². The Hall–Kier alpha value is -0.580. The van der Waals surface area contributed by atoms with Crippen molar-refractivity contribution in [3.8, 4) is 0 Å². The highest BCUT2D eigenvalue weighted by Gasteiger charge is 2.11. The molecule has 0 heterocycles. The molecular formula is C17H19ClIN. The van der Waals surface area contributed by atoms with E-state index in [0.717, 1.165) is 26.1 Å². The van der Waals surface area contributed by atoms with Gasteiger partial charge in [-0.3, -0.25) is 0 Å². The molecule has 0 amide bonds. The Kier molecular flexibility index (Phi) is 5.47. The zero-order valence-electron chi connectivity index (χ0n) is 11.7. The Morgan fingerprint density at radius 2 is 1.80 bits per heavy atom. The third-order valence-corrected chi connectivity index (χ3v) is 4.83. The Bertz CT molecular complexity index is 595. The maximum Gasteiger partial charge on any atom is 0.0552 e. The van der Waals surface area contributed by atoms with E-state index >= 15 is 0 Å². The molecule has 0 aliphatic rings. The first kappa shape index (κ1) is 15.8. The maximum atomic E-state index is 6.37. The molecule has 3 heteroatoms. The van der Waals surface area contributed by atoms with Crippen molar-refractivity contribution in [3.63, 3.8) is 0 Å². The molecule has 0 saturated heterocycles. The number of benzene rings is 2. The fourth-order valence-corrected chi connectivity index (χ4v) is 2.81. The molecule has 0 spiro atoms. The van der Waals surface area contributed by atoms with Crippen LogP contribution in [0.4, 0.5) is 0 Å². The zero-order valence-corrected chi connectivity index (χ0v) is 14.6. The van der Waals surface area contributed by atoms with Crippen molar-refractivity contribution in [2.45, 2.75) is 26.3 Å². The summed E-state index contributed by atoms with van der Waals surface area (Å²) < 4.78 is 1.05. The molecule has 2 rings (SSSR count). The summed E-state index contributed by atoms with van der Waals surface area (Å²) in [5.74, 6) is 0.647. The van der Waals surface area contributed by atoms with Gasteiger partial charge in [0.25, 0.3) is 0 Å². The lowest BCUT2D eigenvalue weighted by atomic mass is 9.95. The normalized spacial score (nSPS) is 12.7. The van der Waals surface area contributed by atoms with E-state index in [9.17, 15) is 0 Å². The fourth-order valence-electron chi connectivity index (χ4n) is 2.28. The predicted octanol–water partition coefficient (Wildman–Crippen LogP) is 5.19. The Balaban J connectivity index is 2.28. The molecule has 1 nitrogen and oxygen atoms in total. The van der Waals surface area contributed by atoms with Crippen LogP contribution in [0.1, 0.15) is 36.6 Å². The number of halogens is 2. The van der Waals surface area contributed by atoms with Crippen molar-refractivity contribution in [1.29, 1.82) is 0 Å². The van der Waals surface area contributed by atoms with E-state index in [4.69, 9.17) is 17.3 Å². The summed E-state index contributed by atoms with van der Waals surface area (Å²) >= 11 is 8.41. The van der Waals surface area contributed by atoms with E-state index in [-0.39, 0.29) is 6.04 Å². The minimum Gasteiger partial charge on any atom is -0.320 e. The van der Waals surface area contributed by atoms with Gasteiger partial charge in [0.2, 0.25) is 0 Å². The predicted molar refractivity (Wildman–Crippen MR) is 95.2 cm³/mol. The van der Waals surface area contributed by atoms with Crippen molar-refractivity contribution >= 4 is 34.2 Å². The van der Waals surface area contributed by atoms with E-state index in [0.29, 0.717) is 5.92 Å². The number of hydrogen-bond donors (Lipinski definition) is 1. The number of hydrogen-bond acceptors (Lipinski definition) is 1. The van der Waals surface area contributed by atoms with Gasteiger partial charge in [0.1, 0.15) is 0 Å². The maximum absolute atomic E-state index is 6.37. The van der Waals surface area contributed by atoms with Gasteiger partial charge in [0.05, 0.1) is 11.1 Å². The largest absolute Gasteiger partial charge is 0.320 e. The fraction of sp³-hybridized carbons (Fsp3) is 0.294. The summed E-state index contributed by atoms with van der Waals surface area (Å²) in [5, 5.41) is 0.761. The average molecular weight is 400 g/mol. The van der Waals surface area contributed by atoms with Crippen LogP contribution in [-0.4, -0.2) is 0 Å². The summed E-state index contributed by atoms with van der Waals surface area (Å²) in [4.78, 5) is 0. The first-order chi connectivity index (χ1) is 9.47. The molecule has 0 saturated carbocycles. The van der Waals surface area contributed by atoms with E-state index in [1.54, 1.807) is 0 Å². The quantitative estimate of drug-likeness (QED) is 0.703. The van der Waals surface area contributed by atoms with Gasteiger partial charge in [0.15, 0.2) is 0 Å². The van der Waals surface area contributed by atoms with Gasteiger partial charge in [-0.15, -0.1) is 0 Å².